The Morgan fingerprint density at radius 3 is 2.14 bits per heavy atom. The Morgan fingerprint density at radius 1 is 0.955 bits per heavy atom. The number of unbranched alkanes of at least 4 members (excludes halogenated alkanes) is 1. The number of thioether (sulfide) groups is 1. The van der Waals surface area contributed by atoms with Crippen molar-refractivity contribution in [2.45, 2.75) is 62.4 Å². The highest BCUT2D eigenvalue weighted by Gasteiger charge is 2.34. The van der Waals surface area contributed by atoms with Gasteiger partial charge in [0.2, 0.25) is 11.8 Å². The van der Waals surface area contributed by atoms with E-state index < -0.39 is 28.5 Å². The number of nitrogens with zero attached hydrogens (tertiary/aromatic N) is 2. The molecule has 0 saturated heterocycles. The van der Waals surface area contributed by atoms with Crippen LogP contribution in [0.3, 0.4) is 0 Å². The summed E-state index contributed by atoms with van der Waals surface area (Å²) in [6, 6.07) is 17.1. The van der Waals surface area contributed by atoms with Crippen molar-refractivity contribution >= 4 is 62.5 Å². The molecule has 3 aromatic carbocycles. The van der Waals surface area contributed by atoms with Gasteiger partial charge in [0.15, 0.2) is 0 Å². The lowest BCUT2D eigenvalue weighted by atomic mass is 10.1. The summed E-state index contributed by atoms with van der Waals surface area (Å²) in [4.78, 5) is 29.9. The van der Waals surface area contributed by atoms with E-state index in [1.54, 1.807) is 61.5 Å². The van der Waals surface area contributed by atoms with Gasteiger partial charge >= 0.3 is 0 Å². The lowest BCUT2D eigenvalue weighted by Gasteiger charge is -2.33. The van der Waals surface area contributed by atoms with Crippen molar-refractivity contribution in [3.8, 4) is 5.75 Å². The summed E-state index contributed by atoms with van der Waals surface area (Å²) in [7, 11) is -4.21. The fourth-order valence-corrected chi connectivity index (χ4v) is 6.90. The Kier molecular flexibility index (Phi) is 13.7. The van der Waals surface area contributed by atoms with Gasteiger partial charge in [0, 0.05) is 33.6 Å². The zero-order valence-electron chi connectivity index (χ0n) is 25.4. The van der Waals surface area contributed by atoms with Crippen LogP contribution in [0.5, 0.6) is 5.75 Å². The third-order valence-corrected chi connectivity index (χ3v) is 10.2. The molecule has 0 aliphatic carbocycles. The molecular weight excluding hydrogens is 641 g/mol. The van der Waals surface area contributed by atoms with Gasteiger partial charge in [0.1, 0.15) is 18.3 Å². The molecular formula is C32H39Cl2N3O5S2. The lowest BCUT2D eigenvalue weighted by Crippen LogP contribution is -2.52. The van der Waals surface area contributed by atoms with Crippen molar-refractivity contribution in [1.82, 2.24) is 10.2 Å². The summed E-state index contributed by atoms with van der Waals surface area (Å²) in [6.45, 7) is 5.91. The summed E-state index contributed by atoms with van der Waals surface area (Å²) in [5.74, 6) is -0.355. The fourth-order valence-electron chi connectivity index (χ4n) is 4.56. The number of nitrogens with one attached hydrogen (secondary N) is 1. The van der Waals surface area contributed by atoms with Crippen LogP contribution in [0.25, 0.3) is 0 Å². The van der Waals surface area contributed by atoms with E-state index in [1.165, 1.54) is 28.8 Å². The molecule has 0 bridgehead atoms. The van der Waals surface area contributed by atoms with Crippen molar-refractivity contribution in [2.75, 3.05) is 30.3 Å². The first-order valence-corrected chi connectivity index (χ1v) is 17.9. The standard InChI is InChI=1S/C32H39Cl2N3O5S2/c1-5-8-20-35-32(39)30(6-2)36(21-27-28(33)10-9-11-29(27)34)31(38)22-37(23-12-14-24(15-13-23)42-7-3)44(40,41)26-18-16-25(43-4)17-19-26/h9-19,30H,5-8,20-22H2,1-4H3,(H,35,39). The molecule has 0 aromatic heterocycles. The summed E-state index contributed by atoms with van der Waals surface area (Å²) >= 11 is 14.5. The predicted octanol–water partition coefficient (Wildman–Crippen LogP) is 7.03. The summed E-state index contributed by atoms with van der Waals surface area (Å²) < 4.78 is 34.8. The van der Waals surface area contributed by atoms with Crippen molar-refractivity contribution in [3.05, 3.63) is 82.3 Å². The van der Waals surface area contributed by atoms with E-state index in [-0.39, 0.29) is 29.5 Å². The van der Waals surface area contributed by atoms with Gasteiger partial charge in [-0.05, 0) is 86.7 Å². The first-order valence-electron chi connectivity index (χ1n) is 14.5. The molecule has 1 atom stereocenters. The maximum atomic E-state index is 14.3. The fraction of sp³-hybridized carbons (Fsp3) is 0.375. The third-order valence-electron chi connectivity index (χ3n) is 6.97. The Labute approximate surface area is 275 Å². The number of benzene rings is 3. The molecule has 0 aliphatic rings. The molecule has 1 N–H and O–H groups in total. The van der Waals surface area contributed by atoms with Crippen molar-refractivity contribution in [2.24, 2.45) is 0 Å². The Balaban J connectivity index is 2.08. The number of ether oxygens (including phenoxy) is 1. The molecule has 3 rings (SSSR count). The second-order valence-electron chi connectivity index (χ2n) is 9.90. The van der Waals surface area contributed by atoms with Gasteiger partial charge in [-0.1, -0.05) is 49.5 Å². The highest BCUT2D eigenvalue weighted by Crippen LogP contribution is 2.30. The molecule has 0 heterocycles. The van der Waals surface area contributed by atoms with Gasteiger partial charge in [-0.3, -0.25) is 13.9 Å². The van der Waals surface area contributed by atoms with Crippen LogP contribution < -0.4 is 14.4 Å². The van der Waals surface area contributed by atoms with Crippen molar-refractivity contribution < 1.29 is 22.7 Å². The number of hydrogen-bond donors (Lipinski definition) is 1. The quantitative estimate of drug-likeness (QED) is 0.129. The number of sulfonamides is 1. The number of halogens is 2. The van der Waals surface area contributed by atoms with Crippen LogP contribution in [0.2, 0.25) is 10.0 Å². The van der Waals surface area contributed by atoms with E-state index in [1.807, 2.05) is 20.1 Å². The van der Waals surface area contributed by atoms with Gasteiger partial charge in [0.05, 0.1) is 17.2 Å². The topological polar surface area (TPSA) is 96.0 Å². The van der Waals surface area contributed by atoms with Crippen LogP contribution in [0.4, 0.5) is 5.69 Å². The van der Waals surface area contributed by atoms with Crippen LogP contribution in [0.1, 0.15) is 45.6 Å². The van der Waals surface area contributed by atoms with E-state index in [0.29, 0.717) is 34.5 Å². The monoisotopic (exact) mass is 679 g/mol. The predicted molar refractivity (Wildman–Crippen MR) is 179 cm³/mol. The molecule has 0 radical (unpaired) electrons. The van der Waals surface area contributed by atoms with Crippen molar-refractivity contribution in [1.29, 1.82) is 0 Å². The highest BCUT2D eigenvalue weighted by atomic mass is 35.5. The first kappa shape index (κ1) is 35.6. The molecule has 0 saturated carbocycles. The third kappa shape index (κ3) is 9.06. The second kappa shape index (κ2) is 17.0. The van der Waals surface area contributed by atoms with Gasteiger partial charge < -0.3 is 15.0 Å². The van der Waals surface area contributed by atoms with Crippen LogP contribution in [0.15, 0.2) is 76.5 Å². The van der Waals surface area contributed by atoms with Crippen LogP contribution in [0, 0.1) is 0 Å². The van der Waals surface area contributed by atoms with E-state index >= 15 is 0 Å². The zero-order chi connectivity index (χ0) is 32.3. The average Bonchev–Trinajstić information content (AvgIpc) is 3.01. The van der Waals surface area contributed by atoms with E-state index in [4.69, 9.17) is 27.9 Å². The number of rotatable bonds is 16. The molecule has 0 aliphatic heterocycles. The van der Waals surface area contributed by atoms with Crippen LogP contribution in [-0.4, -0.2) is 57.1 Å². The minimum absolute atomic E-state index is 0.0297. The van der Waals surface area contributed by atoms with Crippen LogP contribution in [-0.2, 0) is 26.2 Å². The minimum atomic E-state index is -4.21. The summed E-state index contributed by atoms with van der Waals surface area (Å²) in [5, 5.41) is 3.58. The zero-order valence-corrected chi connectivity index (χ0v) is 28.5. The molecule has 0 fully saturated rings. The van der Waals surface area contributed by atoms with Gasteiger partial charge in [-0.15, -0.1) is 11.8 Å². The molecule has 1 unspecified atom stereocenters. The molecule has 0 spiro atoms. The Hall–Kier alpha value is -2.92. The maximum absolute atomic E-state index is 14.3. The summed E-state index contributed by atoms with van der Waals surface area (Å²) in [6.07, 6.45) is 3.86. The highest BCUT2D eigenvalue weighted by molar-refractivity contribution is 7.98. The number of amides is 2. The van der Waals surface area contributed by atoms with E-state index in [9.17, 15) is 18.0 Å². The number of anilines is 1. The molecule has 44 heavy (non-hydrogen) atoms. The Morgan fingerprint density at radius 2 is 1.59 bits per heavy atom. The SMILES string of the molecule is CCCCNC(=O)C(CC)N(Cc1c(Cl)cccc1Cl)C(=O)CN(c1ccc(OCC)cc1)S(=O)(=O)c1ccc(SC)cc1. The number of carbonyl (C=O) groups is 2. The number of hydrogen-bond acceptors (Lipinski definition) is 6. The second-order valence-corrected chi connectivity index (χ2v) is 13.5. The van der Waals surface area contributed by atoms with E-state index in [2.05, 4.69) is 5.32 Å². The molecule has 12 heteroatoms. The van der Waals surface area contributed by atoms with Gasteiger partial charge in [0.25, 0.3) is 10.0 Å². The maximum Gasteiger partial charge on any atom is 0.264 e. The Bertz CT molecular complexity index is 1480. The lowest BCUT2D eigenvalue weighted by molar-refractivity contribution is -0.140. The molecule has 2 amide bonds. The minimum Gasteiger partial charge on any atom is -0.494 e. The average molecular weight is 681 g/mol. The van der Waals surface area contributed by atoms with Gasteiger partial charge in [-0.25, -0.2) is 8.42 Å². The van der Waals surface area contributed by atoms with Gasteiger partial charge in [-0.2, -0.15) is 0 Å². The molecule has 238 valence electrons. The normalized spacial score (nSPS) is 12.0. The first-order chi connectivity index (χ1) is 21.1. The van der Waals surface area contributed by atoms with Crippen molar-refractivity contribution in [3.63, 3.8) is 0 Å². The largest absolute Gasteiger partial charge is 0.494 e. The van der Waals surface area contributed by atoms with E-state index in [0.717, 1.165) is 22.0 Å². The number of carbonyl (C=O) groups excluding carboxylic acids is 2. The van der Waals surface area contributed by atoms with Crippen LogP contribution >= 0.6 is 35.0 Å². The molecule has 8 nitrogen and oxygen atoms in total. The summed E-state index contributed by atoms with van der Waals surface area (Å²) in [5.41, 5.74) is 0.735. The smallest absolute Gasteiger partial charge is 0.264 e. The molecule has 3 aromatic rings.